The van der Waals surface area contributed by atoms with Gasteiger partial charge in [0.05, 0.1) is 17.6 Å². The van der Waals surface area contributed by atoms with Gasteiger partial charge in [0.15, 0.2) is 29.8 Å². The third-order valence-electron chi connectivity index (χ3n) is 3.18. The van der Waals surface area contributed by atoms with Gasteiger partial charge in [-0.3, -0.25) is 14.9 Å². The van der Waals surface area contributed by atoms with Crippen LogP contribution in [-0.4, -0.2) is 30.4 Å². The molecule has 0 amide bonds. The number of nitrogens with zero attached hydrogens (tertiary/aromatic N) is 1. The second kappa shape index (κ2) is 7.47. The number of benzene rings is 2. The minimum Gasteiger partial charge on any atom is -0.478 e. The van der Waals surface area contributed by atoms with E-state index in [1.54, 1.807) is 0 Å². The number of halogens is 2. The second-order valence-electron chi connectivity index (χ2n) is 4.77. The molecule has 0 unspecified atom stereocenters. The molecule has 25 heavy (non-hydrogen) atoms. The molecule has 2 aromatic carbocycles. The van der Waals surface area contributed by atoms with Crippen molar-refractivity contribution in [2.45, 2.75) is 0 Å². The average Bonchev–Trinajstić information content (AvgIpc) is 2.61. The first-order valence-electron chi connectivity index (χ1n) is 6.81. The smallest absolute Gasteiger partial charge is 0.338 e. The van der Waals surface area contributed by atoms with Gasteiger partial charge in [-0.2, -0.15) is 0 Å². The van der Waals surface area contributed by atoms with Crippen molar-refractivity contribution in [1.82, 2.24) is 0 Å². The van der Waals surface area contributed by atoms with Crippen LogP contribution in [0.25, 0.3) is 0 Å². The third kappa shape index (κ3) is 4.14. The summed E-state index contributed by atoms with van der Waals surface area (Å²) in [5.74, 6) is -4.03. The van der Waals surface area contributed by atoms with Gasteiger partial charge in [0.1, 0.15) is 0 Å². The van der Waals surface area contributed by atoms with Gasteiger partial charge in [-0.25, -0.2) is 13.6 Å². The molecule has 2 rings (SSSR count). The zero-order valence-corrected chi connectivity index (χ0v) is 12.8. The fourth-order valence-electron chi connectivity index (χ4n) is 1.92. The van der Waals surface area contributed by atoms with Crippen LogP contribution >= 0.6 is 0 Å². The Bertz CT molecular complexity index is 853. The SMILES string of the molecule is COC(=O)c1ccc(OCC(=O)c2ccc(F)c(F)c2)c([N+](=O)[O-])c1. The molecule has 7 nitrogen and oxygen atoms in total. The van der Waals surface area contributed by atoms with Crippen LogP contribution in [0.2, 0.25) is 0 Å². The number of methoxy groups -OCH3 is 1. The first kappa shape index (κ1) is 18.0. The van der Waals surface area contributed by atoms with Crippen LogP contribution in [0.3, 0.4) is 0 Å². The number of esters is 1. The number of ketones is 1. The van der Waals surface area contributed by atoms with Crippen LogP contribution in [0.5, 0.6) is 5.75 Å². The van der Waals surface area contributed by atoms with E-state index in [-0.39, 0.29) is 16.9 Å². The molecule has 0 bridgehead atoms. The minimum absolute atomic E-state index is 0.0616. The Balaban J connectivity index is 2.19. The van der Waals surface area contributed by atoms with E-state index in [1.165, 1.54) is 6.07 Å². The molecule has 0 aliphatic heterocycles. The number of hydrogen-bond acceptors (Lipinski definition) is 6. The number of carbonyl (C=O) groups excluding carboxylic acids is 2. The lowest BCUT2D eigenvalue weighted by atomic mass is 10.1. The number of nitro benzene ring substituents is 1. The number of hydrogen-bond donors (Lipinski definition) is 0. The molecular weight excluding hydrogens is 340 g/mol. The van der Waals surface area contributed by atoms with Crippen LogP contribution < -0.4 is 4.74 Å². The van der Waals surface area contributed by atoms with E-state index < -0.39 is 40.6 Å². The fourth-order valence-corrected chi connectivity index (χ4v) is 1.92. The molecule has 0 aliphatic rings. The Morgan fingerprint density at radius 1 is 1.08 bits per heavy atom. The summed E-state index contributed by atoms with van der Waals surface area (Å²) in [6.45, 7) is -0.635. The highest BCUT2D eigenvalue weighted by Crippen LogP contribution is 2.28. The normalized spacial score (nSPS) is 10.2. The van der Waals surface area contributed by atoms with E-state index in [2.05, 4.69) is 4.74 Å². The van der Waals surface area contributed by atoms with Gasteiger partial charge >= 0.3 is 11.7 Å². The molecule has 0 radical (unpaired) electrons. The third-order valence-corrected chi connectivity index (χ3v) is 3.18. The monoisotopic (exact) mass is 351 g/mol. The average molecular weight is 351 g/mol. The van der Waals surface area contributed by atoms with Crippen molar-refractivity contribution in [1.29, 1.82) is 0 Å². The standard InChI is InChI=1S/C16H11F2NO6/c1-24-16(21)10-3-5-15(13(7-10)19(22)23)25-8-14(20)9-2-4-11(17)12(18)6-9/h2-7H,8H2,1H3. The highest BCUT2D eigenvalue weighted by Gasteiger charge is 2.20. The van der Waals surface area contributed by atoms with Crippen molar-refractivity contribution in [3.8, 4) is 5.75 Å². The van der Waals surface area contributed by atoms with Crippen molar-refractivity contribution >= 4 is 17.4 Å². The zero-order chi connectivity index (χ0) is 18.6. The van der Waals surface area contributed by atoms with Crippen LogP contribution in [0.1, 0.15) is 20.7 Å². The van der Waals surface area contributed by atoms with E-state index in [1.807, 2.05) is 0 Å². The van der Waals surface area contributed by atoms with Gasteiger partial charge in [0.25, 0.3) is 0 Å². The first-order valence-corrected chi connectivity index (χ1v) is 6.81. The van der Waals surface area contributed by atoms with Gasteiger partial charge in [-0.15, -0.1) is 0 Å². The Hall–Kier alpha value is -3.36. The largest absolute Gasteiger partial charge is 0.478 e. The minimum atomic E-state index is -1.20. The van der Waals surface area contributed by atoms with Crippen LogP contribution in [-0.2, 0) is 4.74 Å². The lowest BCUT2D eigenvalue weighted by molar-refractivity contribution is -0.385. The highest BCUT2D eigenvalue weighted by molar-refractivity contribution is 5.97. The molecule has 0 saturated carbocycles. The maximum absolute atomic E-state index is 13.1. The summed E-state index contributed by atoms with van der Waals surface area (Å²) in [4.78, 5) is 33.6. The Morgan fingerprint density at radius 3 is 2.36 bits per heavy atom. The van der Waals surface area contributed by atoms with Gasteiger partial charge in [-0.1, -0.05) is 0 Å². The number of ether oxygens (including phenoxy) is 2. The predicted molar refractivity (Wildman–Crippen MR) is 80.6 cm³/mol. The molecule has 0 spiro atoms. The molecule has 0 fully saturated rings. The Morgan fingerprint density at radius 2 is 1.76 bits per heavy atom. The van der Waals surface area contributed by atoms with Crippen LogP contribution in [0.15, 0.2) is 36.4 Å². The summed E-state index contributed by atoms with van der Waals surface area (Å²) < 4.78 is 35.5. The van der Waals surface area contributed by atoms with E-state index >= 15 is 0 Å². The number of rotatable bonds is 6. The summed E-state index contributed by atoms with van der Waals surface area (Å²) in [6.07, 6.45) is 0. The van der Waals surface area contributed by atoms with Gasteiger partial charge in [-0.05, 0) is 30.3 Å². The van der Waals surface area contributed by atoms with Crippen molar-refractivity contribution < 1.29 is 32.8 Å². The lowest BCUT2D eigenvalue weighted by Gasteiger charge is -2.08. The number of nitro groups is 1. The zero-order valence-electron chi connectivity index (χ0n) is 12.8. The van der Waals surface area contributed by atoms with E-state index in [0.29, 0.717) is 6.07 Å². The molecular formula is C16H11F2NO6. The summed E-state index contributed by atoms with van der Waals surface area (Å²) in [6, 6.07) is 5.88. The summed E-state index contributed by atoms with van der Waals surface area (Å²) >= 11 is 0. The van der Waals surface area contributed by atoms with Crippen molar-refractivity contribution in [3.05, 3.63) is 69.3 Å². The van der Waals surface area contributed by atoms with Gasteiger partial charge < -0.3 is 9.47 Å². The number of Topliss-reactive ketones (excluding diaryl/α,β-unsaturated/α-hetero) is 1. The maximum Gasteiger partial charge on any atom is 0.338 e. The molecule has 0 aromatic heterocycles. The molecule has 0 atom stereocenters. The Labute approximate surface area is 139 Å². The van der Waals surface area contributed by atoms with Gasteiger partial charge in [0, 0.05) is 11.6 Å². The molecule has 0 aliphatic carbocycles. The molecule has 0 N–H and O–H groups in total. The molecule has 0 saturated heterocycles. The molecule has 0 heterocycles. The van der Waals surface area contributed by atoms with E-state index in [4.69, 9.17) is 4.74 Å². The van der Waals surface area contributed by atoms with E-state index in [0.717, 1.165) is 31.4 Å². The summed E-state index contributed by atoms with van der Waals surface area (Å²) in [7, 11) is 1.12. The Kier molecular flexibility index (Phi) is 5.38. The summed E-state index contributed by atoms with van der Waals surface area (Å²) in [5.41, 5.74) is -0.748. The summed E-state index contributed by atoms with van der Waals surface area (Å²) in [5, 5.41) is 11.1. The number of carbonyl (C=O) groups is 2. The van der Waals surface area contributed by atoms with Crippen molar-refractivity contribution in [3.63, 3.8) is 0 Å². The quantitative estimate of drug-likeness (QED) is 0.344. The van der Waals surface area contributed by atoms with Crippen molar-refractivity contribution in [2.24, 2.45) is 0 Å². The lowest BCUT2D eigenvalue weighted by Crippen LogP contribution is -2.13. The topological polar surface area (TPSA) is 95.7 Å². The van der Waals surface area contributed by atoms with Crippen LogP contribution in [0.4, 0.5) is 14.5 Å². The maximum atomic E-state index is 13.1. The van der Waals surface area contributed by atoms with Crippen molar-refractivity contribution in [2.75, 3.05) is 13.7 Å². The molecule has 130 valence electrons. The predicted octanol–water partition coefficient (Wildman–Crippen LogP) is 2.92. The van der Waals surface area contributed by atoms with E-state index in [9.17, 15) is 28.5 Å². The first-order chi connectivity index (χ1) is 11.8. The van der Waals surface area contributed by atoms with Crippen LogP contribution in [0, 0.1) is 21.7 Å². The molecule has 2 aromatic rings. The van der Waals surface area contributed by atoms with Gasteiger partial charge in [0.2, 0.25) is 0 Å². The molecule has 9 heteroatoms. The fraction of sp³-hybridized carbons (Fsp3) is 0.125. The second-order valence-corrected chi connectivity index (χ2v) is 4.77. The highest BCUT2D eigenvalue weighted by atomic mass is 19.2.